The molecule has 96 valence electrons. The van der Waals surface area contributed by atoms with Gasteiger partial charge in [-0.25, -0.2) is 0 Å². The summed E-state index contributed by atoms with van der Waals surface area (Å²) in [4.78, 5) is 23.5. The zero-order valence-corrected chi connectivity index (χ0v) is 11.1. The average molecular weight is 245 g/mol. The first kappa shape index (κ1) is 12.8. The standard InChI is InChI=1S/C15H19NO2/c1-4-11-13(8-14(17)16-15(11)18)12-7-5-6-9(2)10(12)3/h5-7,11,13H,4,8H2,1-3H3,(H,16,17,18). The number of piperidine rings is 1. The van der Waals surface area contributed by atoms with Gasteiger partial charge < -0.3 is 0 Å². The third kappa shape index (κ3) is 2.17. The highest BCUT2D eigenvalue weighted by atomic mass is 16.2. The summed E-state index contributed by atoms with van der Waals surface area (Å²) in [5, 5.41) is 2.44. The van der Waals surface area contributed by atoms with Crippen LogP contribution in [0.1, 0.15) is 42.4 Å². The minimum Gasteiger partial charge on any atom is -0.296 e. The molecular weight excluding hydrogens is 226 g/mol. The summed E-state index contributed by atoms with van der Waals surface area (Å²) >= 11 is 0. The van der Waals surface area contributed by atoms with Gasteiger partial charge in [-0.3, -0.25) is 14.9 Å². The number of amides is 2. The van der Waals surface area contributed by atoms with Crippen LogP contribution in [0.25, 0.3) is 0 Å². The smallest absolute Gasteiger partial charge is 0.230 e. The predicted octanol–water partition coefficient (Wildman–Crippen LogP) is 2.46. The van der Waals surface area contributed by atoms with Crippen molar-refractivity contribution >= 4 is 11.8 Å². The number of nitrogens with one attached hydrogen (secondary N) is 1. The van der Waals surface area contributed by atoms with E-state index in [-0.39, 0.29) is 23.7 Å². The van der Waals surface area contributed by atoms with Crippen LogP contribution in [0.2, 0.25) is 0 Å². The second kappa shape index (κ2) is 4.92. The first-order chi connectivity index (χ1) is 8.54. The molecule has 18 heavy (non-hydrogen) atoms. The summed E-state index contributed by atoms with van der Waals surface area (Å²) in [5.41, 5.74) is 3.55. The zero-order valence-electron chi connectivity index (χ0n) is 11.1. The van der Waals surface area contributed by atoms with E-state index in [4.69, 9.17) is 0 Å². The van der Waals surface area contributed by atoms with Gasteiger partial charge in [-0.2, -0.15) is 0 Å². The lowest BCUT2D eigenvalue weighted by Crippen LogP contribution is -2.44. The lowest BCUT2D eigenvalue weighted by Gasteiger charge is -2.31. The molecule has 0 saturated carbocycles. The monoisotopic (exact) mass is 245 g/mol. The van der Waals surface area contributed by atoms with Crippen molar-refractivity contribution in [3.63, 3.8) is 0 Å². The van der Waals surface area contributed by atoms with E-state index in [9.17, 15) is 9.59 Å². The van der Waals surface area contributed by atoms with Gasteiger partial charge in [-0.1, -0.05) is 25.1 Å². The number of imide groups is 1. The highest BCUT2D eigenvalue weighted by Crippen LogP contribution is 2.35. The van der Waals surface area contributed by atoms with Gasteiger partial charge in [0.1, 0.15) is 0 Å². The first-order valence-corrected chi connectivity index (χ1v) is 6.44. The molecule has 2 amide bonds. The molecule has 1 aliphatic rings. The SMILES string of the molecule is CCC1C(=O)NC(=O)CC1c1cccc(C)c1C. The van der Waals surface area contributed by atoms with Gasteiger partial charge in [-0.05, 0) is 37.0 Å². The number of rotatable bonds is 2. The number of carbonyl (C=O) groups is 2. The molecule has 1 N–H and O–H groups in total. The largest absolute Gasteiger partial charge is 0.296 e. The predicted molar refractivity (Wildman–Crippen MR) is 70.2 cm³/mol. The normalized spacial score (nSPS) is 23.9. The van der Waals surface area contributed by atoms with Crippen LogP contribution < -0.4 is 5.32 Å². The Labute approximate surface area is 108 Å². The molecule has 0 radical (unpaired) electrons. The summed E-state index contributed by atoms with van der Waals surface area (Å²) in [6, 6.07) is 6.10. The summed E-state index contributed by atoms with van der Waals surface area (Å²) in [7, 11) is 0. The van der Waals surface area contributed by atoms with E-state index in [1.807, 2.05) is 19.1 Å². The number of hydrogen-bond acceptors (Lipinski definition) is 2. The fourth-order valence-corrected chi connectivity index (χ4v) is 2.78. The lowest BCUT2D eigenvalue weighted by molar-refractivity contribution is -0.137. The molecule has 2 atom stereocenters. The molecule has 1 fully saturated rings. The van der Waals surface area contributed by atoms with Crippen LogP contribution in [0.5, 0.6) is 0 Å². The van der Waals surface area contributed by atoms with Crippen LogP contribution >= 0.6 is 0 Å². The van der Waals surface area contributed by atoms with Crippen LogP contribution in [0, 0.1) is 19.8 Å². The molecule has 1 aliphatic heterocycles. The van der Waals surface area contributed by atoms with Gasteiger partial charge in [-0.15, -0.1) is 0 Å². The van der Waals surface area contributed by atoms with Gasteiger partial charge in [0.25, 0.3) is 0 Å². The molecular formula is C15H19NO2. The van der Waals surface area contributed by atoms with Crippen molar-refractivity contribution in [3.8, 4) is 0 Å². The van der Waals surface area contributed by atoms with Gasteiger partial charge in [0.15, 0.2) is 0 Å². The number of hydrogen-bond donors (Lipinski definition) is 1. The molecule has 3 heteroatoms. The second-order valence-electron chi connectivity index (χ2n) is 5.03. The average Bonchev–Trinajstić information content (AvgIpc) is 2.32. The molecule has 1 aromatic carbocycles. The minimum atomic E-state index is -0.157. The van der Waals surface area contributed by atoms with Gasteiger partial charge in [0.2, 0.25) is 11.8 Å². The zero-order chi connectivity index (χ0) is 13.3. The second-order valence-corrected chi connectivity index (χ2v) is 5.03. The van der Waals surface area contributed by atoms with Crippen molar-refractivity contribution in [2.75, 3.05) is 0 Å². The van der Waals surface area contributed by atoms with Crippen LogP contribution in [0.4, 0.5) is 0 Å². The molecule has 2 unspecified atom stereocenters. The maximum atomic E-state index is 11.9. The van der Waals surface area contributed by atoms with Crippen LogP contribution in [0.3, 0.4) is 0 Å². The number of aryl methyl sites for hydroxylation is 1. The van der Waals surface area contributed by atoms with Crippen molar-refractivity contribution in [1.29, 1.82) is 0 Å². The molecule has 0 bridgehead atoms. The Morgan fingerprint density at radius 1 is 1.28 bits per heavy atom. The molecule has 0 aromatic heterocycles. The fraction of sp³-hybridized carbons (Fsp3) is 0.467. The Bertz CT molecular complexity index is 493. The molecule has 1 heterocycles. The van der Waals surface area contributed by atoms with Crippen LogP contribution in [-0.4, -0.2) is 11.8 Å². The third-order valence-corrected chi connectivity index (χ3v) is 3.98. The van der Waals surface area contributed by atoms with E-state index in [0.717, 1.165) is 12.0 Å². The Kier molecular flexibility index (Phi) is 3.50. The summed E-state index contributed by atoms with van der Waals surface area (Å²) in [6.45, 7) is 6.12. The van der Waals surface area contributed by atoms with E-state index >= 15 is 0 Å². The molecule has 1 aromatic rings. The highest BCUT2D eigenvalue weighted by molar-refractivity contribution is 5.99. The van der Waals surface area contributed by atoms with E-state index in [1.54, 1.807) is 0 Å². The quantitative estimate of drug-likeness (QED) is 0.813. The van der Waals surface area contributed by atoms with Gasteiger partial charge >= 0.3 is 0 Å². The lowest BCUT2D eigenvalue weighted by atomic mass is 9.77. The maximum absolute atomic E-state index is 11.9. The molecule has 0 aliphatic carbocycles. The van der Waals surface area contributed by atoms with Gasteiger partial charge in [0, 0.05) is 18.3 Å². The maximum Gasteiger partial charge on any atom is 0.230 e. The Morgan fingerprint density at radius 2 is 2.00 bits per heavy atom. The minimum absolute atomic E-state index is 0.0242. The highest BCUT2D eigenvalue weighted by Gasteiger charge is 2.36. The van der Waals surface area contributed by atoms with E-state index in [0.29, 0.717) is 6.42 Å². The molecule has 1 saturated heterocycles. The van der Waals surface area contributed by atoms with Crippen LogP contribution in [-0.2, 0) is 9.59 Å². The Balaban J connectivity index is 2.43. The van der Waals surface area contributed by atoms with Crippen molar-refractivity contribution in [2.45, 2.75) is 39.5 Å². The third-order valence-electron chi connectivity index (χ3n) is 3.98. The first-order valence-electron chi connectivity index (χ1n) is 6.44. The van der Waals surface area contributed by atoms with Crippen molar-refractivity contribution in [2.24, 2.45) is 5.92 Å². The Morgan fingerprint density at radius 3 is 2.67 bits per heavy atom. The molecule has 3 nitrogen and oxygen atoms in total. The fourth-order valence-electron chi connectivity index (χ4n) is 2.78. The van der Waals surface area contributed by atoms with Gasteiger partial charge in [0.05, 0.1) is 0 Å². The van der Waals surface area contributed by atoms with Crippen molar-refractivity contribution in [3.05, 3.63) is 34.9 Å². The number of carbonyl (C=O) groups excluding carboxylic acids is 2. The number of benzene rings is 1. The summed E-state index contributed by atoms with van der Waals surface area (Å²) in [6.07, 6.45) is 1.17. The Hall–Kier alpha value is -1.64. The van der Waals surface area contributed by atoms with E-state index in [2.05, 4.69) is 25.2 Å². The van der Waals surface area contributed by atoms with E-state index in [1.165, 1.54) is 11.1 Å². The topological polar surface area (TPSA) is 46.2 Å². The molecule has 2 rings (SSSR count). The van der Waals surface area contributed by atoms with Crippen molar-refractivity contribution < 1.29 is 9.59 Å². The summed E-state index contributed by atoms with van der Waals surface area (Å²) < 4.78 is 0. The van der Waals surface area contributed by atoms with Crippen LogP contribution in [0.15, 0.2) is 18.2 Å². The molecule has 0 spiro atoms. The van der Waals surface area contributed by atoms with Crippen molar-refractivity contribution in [1.82, 2.24) is 5.32 Å². The van der Waals surface area contributed by atoms with E-state index < -0.39 is 0 Å². The summed E-state index contributed by atoms with van der Waals surface area (Å²) in [5.74, 6) is -0.352.